The molecule has 0 saturated heterocycles. The molecular formula is C11H12N2S. The molecule has 3 heteroatoms. The molecule has 0 bridgehead atoms. The van der Waals surface area contributed by atoms with Crippen molar-refractivity contribution >= 4 is 21.6 Å². The van der Waals surface area contributed by atoms with E-state index in [4.69, 9.17) is 5.73 Å². The Morgan fingerprint density at radius 1 is 1.43 bits per heavy atom. The molecule has 0 aliphatic heterocycles. The quantitative estimate of drug-likeness (QED) is 0.815. The van der Waals surface area contributed by atoms with E-state index in [1.54, 1.807) is 11.3 Å². The zero-order chi connectivity index (χ0) is 9.60. The number of hydrogen-bond donors (Lipinski definition) is 1. The minimum Gasteiger partial charge on any atom is -0.325 e. The van der Waals surface area contributed by atoms with Crippen LogP contribution in [0.1, 0.15) is 18.4 Å². The Bertz CT molecular complexity index is 471. The molecule has 0 unspecified atom stereocenters. The largest absolute Gasteiger partial charge is 0.325 e. The van der Waals surface area contributed by atoms with Crippen LogP contribution >= 0.6 is 11.3 Å². The van der Waals surface area contributed by atoms with Crippen molar-refractivity contribution in [2.45, 2.75) is 24.8 Å². The number of rotatable bonds is 2. The molecule has 0 radical (unpaired) electrons. The average molecular weight is 204 g/mol. The lowest BCUT2D eigenvalue weighted by atomic mass is 10.0. The van der Waals surface area contributed by atoms with Crippen LogP contribution in [-0.2, 0) is 6.42 Å². The van der Waals surface area contributed by atoms with Crippen molar-refractivity contribution in [1.82, 2.24) is 4.98 Å². The first-order chi connectivity index (χ1) is 6.77. The van der Waals surface area contributed by atoms with Gasteiger partial charge in [0.1, 0.15) is 0 Å². The fourth-order valence-corrected chi connectivity index (χ4v) is 2.53. The van der Waals surface area contributed by atoms with Crippen LogP contribution < -0.4 is 5.73 Å². The van der Waals surface area contributed by atoms with Gasteiger partial charge in [0.2, 0.25) is 0 Å². The predicted molar refractivity (Wildman–Crippen MR) is 59.5 cm³/mol. The molecule has 0 spiro atoms. The first kappa shape index (κ1) is 8.38. The van der Waals surface area contributed by atoms with Crippen molar-refractivity contribution in [3.63, 3.8) is 0 Å². The van der Waals surface area contributed by atoms with Gasteiger partial charge in [-0.3, -0.25) is 0 Å². The summed E-state index contributed by atoms with van der Waals surface area (Å²) in [5.74, 6) is 0. The summed E-state index contributed by atoms with van der Waals surface area (Å²) in [6, 6.07) is 6.36. The van der Waals surface area contributed by atoms with Gasteiger partial charge in [0.25, 0.3) is 0 Å². The smallest absolute Gasteiger partial charge is 0.0844 e. The highest BCUT2D eigenvalue weighted by Crippen LogP contribution is 2.37. The lowest BCUT2D eigenvalue weighted by molar-refractivity contribution is 0.674. The maximum atomic E-state index is 6.11. The third kappa shape index (κ3) is 1.33. The standard InChI is InChI=1S/C11H12N2S/c12-11(4-5-11)6-8-2-1-3-9-10(8)13-7-14-9/h1-3,7H,4-6,12H2. The van der Waals surface area contributed by atoms with Gasteiger partial charge in [-0.2, -0.15) is 0 Å². The second-order valence-corrected chi connectivity index (χ2v) is 5.04. The van der Waals surface area contributed by atoms with Gasteiger partial charge in [-0.15, -0.1) is 11.3 Å². The van der Waals surface area contributed by atoms with Crippen LogP contribution in [0.15, 0.2) is 23.7 Å². The number of para-hydroxylation sites is 1. The summed E-state index contributed by atoms with van der Waals surface area (Å²) in [4.78, 5) is 4.39. The van der Waals surface area contributed by atoms with Crippen molar-refractivity contribution in [3.05, 3.63) is 29.3 Å². The Hall–Kier alpha value is -0.930. The maximum Gasteiger partial charge on any atom is 0.0844 e. The van der Waals surface area contributed by atoms with Gasteiger partial charge in [0, 0.05) is 5.54 Å². The van der Waals surface area contributed by atoms with E-state index in [0.29, 0.717) is 0 Å². The van der Waals surface area contributed by atoms with Crippen molar-refractivity contribution in [2.24, 2.45) is 5.73 Å². The second-order valence-electron chi connectivity index (χ2n) is 4.16. The molecule has 0 atom stereocenters. The Kier molecular flexibility index (Phi) is 1.66. The minimum absolute atomic E-state index is 0.0812. The SMILES string of the molecule is NC1(Cc2cccc3scnc23)CC1. The molecular weight excluding hydrogens is 192 g/mol. The van der Waals surface area contributed by atoms with Crippen molar-refractivity contribution in [1.29, 1.82) is 0 Å². The number of nitrogens with two attached hydrogens (primary N) is 1. The van der Waals surface area contributed by atoms with Crippen molar-refractivity contribution < 1.29 is 0 Å². The summed E-state index contributed by atoms with van der Waals surface area (Å²) in [5, 5.41) is 0. The van der Waals surface area contributed by atoms with Crippen molar-refractivity contribution in [3.8, 4) is 0 Å². The molecule has 1 saturated carbocycles. The summed E-state index contributed by atoms with van der Waals surface area (Å²) in [7, 11) is 0. The molecule has 1 heterocycles. The summed E-state index contributed by atoms with van der Waals surface area (Å²) < 4.78 is 1.27. The van der Waals surface area contributed by atoms with Crippen LogP contribution in [0.5, 0.6) is 0 Å². The van der Waals surface area contributed by atoms with Crippen molar-refractivity contribution in [2.75, 3.05) is 0 Å². The number of nitrogens with zero attached hydrogens (tertiary/aromatic N) is 1. The van der Waals surface area contributed by atoms with E-state index in [-0.39, 0.29) is 5.54 Å². The lowest BCUT2D eigenvalue weighted by Crippen LogP contribution is -2.24. The van der Waals surface area contributed by atoms with Gasteiger partial charge in [0.05, 0.1) is 15.7 Å². The summed E-state index contributed by atoms with van der Waals surface area (Å²) in [5.41, 5.74) is 10.6. The molecule has 0 amide bonds. The Balaban J connectivity index is 2.06. The van der Waals surface area contributed by atoms with Gasteiger partial charge in [-0.1, -0.05) is 12.1 Å². The maximum absolute atomic E-state index is 6.11. The first-order valence-electron chi connectivity index (χ1n) is 4.87. The van der Waals surface area contributed by atoms with Crippen LogP contribution in [0.25, 0.3) is 10.2 Å². The molecule has 1 aromatic heterocycles. The molecule has 2 nitrogen and oxygen atoms in total. The molecule has 2 aromatic rings. The highest BCUT2D eigenvalue weighted by atomic mass is 32.1. The van der Waals surface area contributed by atoms with Gasteiger partial charge >= 0.3 is 0 Å². The summed E-state index contributed by atoms with van der Waals surface area (Å²) in [6.45, 7) is 0. The summed E-state index contributed by atoms with van der Waals surface area (Å²) >= 11 is 1.70. The van der Waals surface area contributed by atoms with Crippen LogP contribution in [0.2, 0.25) is 0 Å². The Morgan fingerprint density at radius 3 is 3.07 bits per heavy atom. The highest BCUT2D eigenvalue weighted by molar-refractivity contribution is 7.16. The first-order valence-corrected chi connectivity index (χ1v) is 5.75. The zero-order valence-electron chi connectivity index (χ0n) is 7.86. The minimum atomic E-state index is 0.0812. The zero-order valence-corrected chi connectivity index (χ0v) is 8.68. The molecule has 72 valence electrons. The second kappa shape index (κ2) is 2.78. The van der Waals surface area contributed by atoms with E-state index in [1.807, 2.05) is 5.51 Å². The van der Waals surface area contributed by atoms with Gasteiger partial charge in [-0.05, 0) is 30.9 Å². The fraction of sp³-hybridized carbons (Fsp3) is 0.364. The number of hydrogen-bond acceptors (Lipinski definition) is 3. The molecule has 3 rings (SSSR count). The van der Waals surface area contributed by atoms with E-state index in [2.05, 4.69) is 23.2 Å². The molecule has 1 aliphatic carbocycles. The molecule has 14 heavy (non-hydrogen) atoms. The van der Waals surface area contributed by atoms with E-state index in [9.17, 15) is 0 Å². The van der Waals surface area contributed by atoms with Crippen LogP contribution in [-0.4, -0.2) is 10.5 Å². The fourth-order valence-electron chi connectivity index (χ4n) is 1.80. The van der Waals surface area contributed by atoms with Crippen LogP contribution in [0.4, 0.5) is 0 Å². The number of fused-ring (bicyclic) bond motifs is 1. The molecule has 2 N–H and O–H groups in total. The molecule has 1 fully saturated rings. The van der Waals surface area contributed by atoms with Gasteiger partial charge in [-0.25, -0.2) is 4.98 Å². The van der Waals surface area contributed by atoms with Crippen LogP contribution in [0, 0.1) is 0 Å². The van der Waals surface area contributed by atoms with E-state index in [0.717, 1.165) is 24.8 Å². The topological polar surface area (TPSA) is 38.9 Å². The third-order valence-electron chi connectivity index (χ3n) is 2.88. The van der Waals surface area contributed by atoms with E-state index < -0.39 is 0 Å². The van der Waals surface area contributed by atoms with Gasteiger partial charge < -0.3 is 5.73 Å². The lowest BCUT2D eigenvalue weighted by Gasteiger charge is -2.08. The average Bonchev–Trinajstić information content (AvgIpc) is 2.73. The number of aromatic nitrogens is 1. The Morgan fingerprint density at radius 2 is 2.29 bits per heavy atom. The number of benzene rings is 1. The third-order valence-corrected chi connectivity index (χ3v) is 3.67. The van der Waals surface area contributed by atoms with Crippen LogP contribution in [0.3, 0.4) is 0 Å². The Labute approximate surface area is 86.8 Å². The highest BCUT2D eigenvalue weighted by Gasteiger charge is 2.38. The normalized spacial score (nSPS) is 18.6. The number of thiazole rings is 1. The summed E-state index contributed by atoms with van der Waals surface area (Å²) in [6.07, 6.45) is 3.30. The molecule has 1 aliphatic rings. The van der Waals surface area contributed by atoms with Gasteiger partial charge in [0.15, 0.2) is 0 Å². The van der Waals surface area contributed by atoms with E-state index in [1.165, 1.54) is 10.3 Å². The molecule has 1 aromatic carbocycles. The van der Waals surface area contributed by atoms with E-state index >= 15 is 0 Å². The monoisotopic (exact) mass is 204 g/mol. The predicted octanol–water partition coefficient (Wildman–Crippen LogP) is 2.33.